The first-order valence-corrected chi connectivity index (χ1v) is 4.01. The molecule has 0 aromatic carbocycles. The molecule has 1 heterocycles. The Kier molecular flexibility index (Phi) is 6.45. The van der Waals surface area contributed by atoms with Crippen LogP contribution < -0.4 is 5.73 Å². The van der Waals surface area contributed by atoms with Gasteiger partial charge in [0.15, 0.2) is 0 Å². The van der Waals surface area contributed by atoms with E-state index >= 15 is 0 Å². The normalized spacial score (nSPS) is 20.7. The summed E-state index contributed by atoms with van der Waals surface area (Å²) in [6, 6.07) is 0.318. The molecule has 1 saturated heterocycles. The lowest BCUT2D eigenvalue weighted by Gasteiger charge is -2.24. The zero-order valence-corrected chi connectivity index (χ0v) is 7.03. The Morgan fingerprint density at radius 3 is 2.09 bits per heavy atom. The highest BCUT2D eigenvalue weighted by atomic mass is 16.5. The van der Waals surface area contributed by atoms with Gasteiger partial charge in [-0.1, -0.05) is 0 Å². The quantitative estimate of drug-likeness (QED) is 0.461. The van der Waals surface area contributed by atoms with Crippen molar-refractivity contribution in [1.82, 2.24) is 5.06 Å². The van der Waals surface area contributed by atoms with Crippen LogP contribution in [0, 0.1) is 0 Å². The summed E-state index contributed by atoms with van der Waals surface area (Å²) in [5.74, 6) is 0. The highest BCUT2D eigenvalue weighted by molar-refractivity contribution is 4.68. The number of hydroxylamine groups is 2. The first-order chi connectivity index (χ1) is 5.20. The van der Waals surface area contributed by atoms with Crippen LogP contribution in [0.1, 0.15) is 19.8 Å². The van der Waals surface area contributed by atoms with Crippen molar-refractivity contribution in [3.63, 3.8) is 0 Å². The average Bonchev–Trinajstić information content (AvgIpc) is 1.97. The summed E-state index contributed by atoms with van der Waals surface area (Å²) in [4.78, 5) is 0. The minimum Gasteiger partial charge on any atom is -0.397 e. The van der Waals surface area contributed by atoms with E-state index in [1.165, 1.54) is 5.06 Å². The Bertz CT molecular complexity index is 72.5. The smallest absolute Gasteiger partial charge is 0.0402 e. The molecule has 1 aliphatic rings. The van der Waals surface area contributed by atoms with Gasteiger partial charge in [-0.2, -0.15) is 5.06 Å². The van der Waals surface area contributed by atoms with Crippen molar-refractivity contribution in [1.29, 1.82) is 0 Å². The molecule has 1 fully saturated rings. The number of nitrogens with zero attached hydrogens (tertiary/aromatic N) is 1. The molecule has 0 aromatic heterocycles. The van der Waals surface area contributed by atoms with Crippen molar-refractivity contribution in [3.8, 4) is 0 Å². The van der Waals surface area contributed by atoms with Crippen LogP contribution in [0.2, 0.25) is 0 Å². The predicted molar refractivity (Wildman–Crippen MR) is 43.3 cm³/mol. The van der Waals surface area contributed by atoms with Crippen molar-refractivity contribution in [3.05, 3.63) is 0 Å². The molecule has 0 radical (unpaired) electrons. The van der Waals surface area contributed by atoms with Crippen LogP contribution in [0.15, 0.2) is 0 Å². The van der Waals surface area contributed by atoms with Crippen LogP contribution in [0.4, 0.5) is 0 Å². The van der Waals surface area contributed by atoms with E-state index in [9.17, 15) is 0 Å². The monoisotopic (exact) mass is 162 g/mol. The van der Waals surface area contributed by atoms with Crippen LogP contribution in [0.5, 0.6) is 0 Å². The molecule has 0 aromatic rings. The van der Waals surface area contributed by atoms with Gasteiger partial charge in [0.2, 0.25) is 0 Å². The molecule has 0 bridgehead atoms. The summed E-state index contributed by atoms with van der Waals surface area (Å²) >= 11 is 0. The van der Waals surface area contributed by atoms with Crippen molar-refractivity contribution in [2.45, 2.75) is 25.8 Å². The maximum Gasteiger partial charge on any atom is 0.0402 e. The Labute approximate surface area is 67.6 Å². The molecular weight excluding hydrogens is 144 g/mol. The summed E-state index contributed by atoms with van der Waals surface area (Å²) in [7, 11) is 0. The van der Waals surface area contributed by atoms with Gasteiger partial charge >= 0.3 is 0 Å². The number of nitrogens with two attached hydrogens (primary N) is 1. The summed E-state index contributed by atoms with van der Waals surface area (Å²) < 4.78 is 0. The molecule has 0 aliphatic carbocycles. The van der Waals surface area contributed by atoms with E-state index in [0.29, 0.717) is 6.04 Å². The Hall–Kier alpha value is -0.160. The molecule has 4 nitrogen and oxygen atoms in total. The molecule has 4 N–H and O–H groups in total. The third-order valence-corrected chi connectivity index (χ3v) is 1.52. The van der Waals surface area contributed by atoms with Crippen LogP contribution in [0.25, 0.3) is 0 Å². The van der Waals surface area contributed by atoms with Crippen molar-refractivity contribution in [2.24, 2.45) is 5.73 Å². The Morgan fingerprint density at radius 1 is 1.45 bits per heavy atom. The van der Waals surface area contributed by atoms with Crippen molar-refractivity contribution < 1.29 is 10.3 Å². The summed E-state index contributed by atoms with van der Waals surface area (Å²) in [5, 5.41) is 17.7. The first-order valence-electron chi connectivity index (χ1n) is 4.01. The number of rotatable bonds is 0. The second kappa shape index (κ2) is 6.54. The van der Waals surface area contributed by atoms with Crippen molar-refractivity contribution in [2.75, 3.05) is 19.7 Å². The number of hydrogen-bond donors (Lipinski definition) is 3. The summed E-state index contributed by atoms with van der Waals surface area (Å²) in [6.45, 7) is 3.41. The highest BCUT2D eigenvalue weighted by Gasteiger charge is 2.12. The van der Waals surface area contributed by atoms with Crippen molar-refractivity contribution >= 4 is 0 Å². The fourth-order valence-corrected chi connectivity index (χ4v) is 0.886. The SMILES string of the molecule is CCO.NC1CCN(O)CC1. The van der Waals surface area contributed by atoms with Crippen LogP contribution in [-0.4, -0.2) is 41.1 Å². The zero-order chi connectivity index (χ0) is 8.69. The van der Waals surface area contributed by atoms with E-state index < -0.39 is 0 Å². The molecule has 11 heavy (non-hydrogen) atoms. The van der Waals surface area contributed by atoms with Gasteiger partial charge in [0.05, 0.1) is 0 Å². The Balaban J connectivity index is 0.000000292. The maximum atomic E-state index is 8.80. The van der Waals surface area contributed by atoms with Gasteiger partial charge in [-0.25, -0.2) is 0 Å². The highest BCUT2D eigenvalue weighted by Crippen LogP contribution is 2.04. The van der Waals surface area contributed by atoms with E-state index in [2.05, 4.69) is 0 Å². The zero-order valence-electron chi connectivity index (χ0n) is 7.03. The first kappa shape index (κ1) is 10.8. The third-order valence-electron chi connectivity index (χ3n) is 1.52. The van der Waals surface area contributed by atoms with Gasteiger partial charge in [0, 0.05) is 25.7 Å². The van der Waals surface area contributed by atoms with Gasteiger partial charge in [-0.15, -0.1) is 0 Å². The molecule has 0 amide bonds. The average molecular weight is 162 g/mol. The molecule has 0 unspecified atom stereocenters. The fourth-order valence-electron chi connectivity index (χ4n) is 0.886. The molecule has 1 aliphatic heterocycles. The van der Waals surface area contributed by atoms with E-state index in [0.717, 1.165) is 25.9 Å². The number of aliphatic hydroxyl groups is 1. The lowest BCUT2D eigenvalue weighted by Crippen LogP contribution is -2.37. The standard InChI is InChI=1S/C5H12N2O.C2H6O/c6-5-1-3-7(8)4-2-5;1-2-3/h5,8H,1-4,6H2;3H,2H2,1H3. The molecule has 0 saturated carbocycles. The van der Waals surface area contributed by atoms with Gasteiger partial charge in [0.1, 0.15) is 0 Å². The lowest BCUT2D eigenvalue weighted by atomic mass is 10.1. The van der Waals surface area contributed by atoms with Gasteiger partial charge < -0.3 is 16.0 Å². The summed E-state index contributed by atoms with van der Waals surface area (Å²) in [5.41, 5.74) is 5.56. The topological polar surface area (TPSA) is 69.7 Å². The van der Waals surface area contributed by atoms with Crippen LogP contribution >= 0.6 is 0 Å². The van der Waals surface area contributed by atoms with E-state index in [1.807, 2.05) is 0 Å². The maximum absolute atomic E-state index is 8.80. The van der Waals surface area contributed by atoms with Gasteiger partial charge in [-0.05, 0) is 19.8 Å². The fraction of sp³-hybridized carbons (Fsp3) is 1.00. The second-order valence-corrected chi connectivity index (χ2v) is 2.61. The van der Waals surface area contributed by atoms with Crippen LogP contribution in [0.3, 0.4) is 0 Å². The number of aliphatic hydroxyl groups excluding tert-OH is 1. The summed E-state index contributed by atoms with van der Waals surface area (Å²) in [6.07, 6.45) is 1.85. The largest absolute Gasteiger partial charge is 0.397 e. The third kappa shape index (κ3) is 6.25. The van der Waals surface area contributed by atoms with E-state index in [1.54, 1.807) is 6.92 Å². The minimum atomic E-state index is 0.250. The number of piperidine rings is 1. The predicted octanol–water partition coefficient (Wildman–Crippen LogP) is -0.203. The molecule has 0 spiro atoms. The molecule has 1 rings (SSSR count). The van der Waals surface area contributed by atoms with E-state index in [4.69, 9.17) is 16.0 Å². The molecular formula is C7H18N2O2. The molecule has 0 atom stereocenters. The molecule has 4 heteroatoms. The Morgan fingerprint density at radius 2 is 1.82 bits per heavy atom. The van der Waals surface area contributed by atoms with Crippen LogP contribution in [-0.2, 0) is 0 Å². The van der Waals surface area contributed by atoms with Gasteiger partial charge in [-0.3, -0.25) is 0 Å². The van der Waals surface area contributed by atoms with Gasteiger partial charge in [0.25, 0.3) is 0 Å². The lowest BCUT2D eigenvalue weighted by molar-refractivity contribution is -0.106. The minimum absolute atomic E-state index is 0.250. The van der Waals surface area contributed by atoms with E-state index in [-0.39, 0.29) is 6.61 Å². The second-order valence-electron chi connectivity index (χ2n) is 2.61. The molecule has 68 valence electrons. The number of hydrogen-bond acceptors (Lipinski definition) is 4.